The van der Waals surface area contributed by atoms with E-state index in [0.29, 0.717) is 77.7 Å². The molecule has 14 unspecified atom stereocenters. The van der Waals surface area contributed by atoms with Crippen molar-refractivity contribution in [3.63, 3.8) is 0 Å². The molecule has 6 saturated carbocycles. The van der Waals surface area contributed by atoms with Crippen LogP contribution >= 0.6 is 7.37 Å². The number of epoxide rings is 2. The molecule has 612 valence electrons. The van der Waals surface area contributed by atoms with Crippen LogP contribution in [0.5, 0.6) is 34.5 Å². The maximum Gasteiger partial charge on any atom is 0.338 e. The Bertz CT molecular complexity index is 4540. The lowest BCUT2D eigenvalue weighted by molar-refractivity contribution is 0.00255. The fourth-order valence-corrected chi connectivity index (χ4v) is 21.7. The van der Waals surface area contributed by atoms with Gasteiger partial charge in [0.25, 0.3) is 7.37 Å². The average molecular weight is 1590 g/mol. The first-order valence-corrected chi connectivity index (χ1v) is 44.6. The van der Waals surface area contributed by atoms with Gasteiger partial charge in [0.1, 0.15) is 91.0 Å². The van der Waals surface area contributed by atoms with Crippen LogP contribution in [0.25, 0.3) is 11.1 Å². The minimum absolute atomic E-state index is 0.0126. The topological polar surface area (TPSA) is 150 Å². The van der Waals surface area contributed by atoms with Gasteiger partial charge in [0.2, 0.25) is 0 Å². The second-order valence-electron chi connectivity index (χ2n) is 33.2. The van der Waals surface area contributed by atoms with Gasteiger partial charge in [0.15, 0.2) is 6.10 Å². The first-order valence-electron chi connectivity index (χ1n) is 43.0. The van der Waals surface area contributed by atoms with Gasteiger partial charge in [0.05, 0.1) is 29.6 Å². The molecule has 14 atom stereocenters. The molecular formula is C103H117O13P. The summed E-state index contributed by atoms with van der Waals surface area (Å²) < 4.78 is 74.6. The molecule has 14 heteroatoms. The number of hydrogen-bond acceptors (Lipinski definition) is 13. The lowest BCUT2D eigenvalue weighted by atomic mass is 9.82. The van der Waals surface area contributed by atoms with E-state index in [1.807, 2.05) is 253 Å². The predicted octanol–water partition coefficient (Wildman–Crippen LogP) is 23.4. The predicted molar refractivity (Wildman–Crippen MR) is 465 cm³/mol. The second-order valence-corrected chi connectivity index (χ2v) is 35.8. The van der Waals surface area contributed by atoms with Crippen molar-refractivity contribution < 1.29 is 61.3 Å². The number of esters is 2. The smallest absolute Gasteiger partial charge is 0.338 e. The fraction of sp³-hybridized carbons (Fsp3) is 0.398. The van der Waals surface area contributed by atoms with Gasteiger partial charge >= 0.3 is 11.9 Å². The van der Waals surface area contributed by atoms with Gasteiger partial charge in [-0.15, -0.1) is 0 Å². The van der Waals surface area contributed by atoms with E-state index >= 15 is 4.57 Å². The molecule has 0 radical (unpaired) electrons. The second kappa shape index (κ2) is 40.0. The molecule has 4 bridgehead atoms. The van der Waals surface area contributed by atoms with E-state index in [2.05, 4.69) is 13.8 Å². The summed E-state index contributed by atoms with van der Waals surface area (Å²) in [6.07, 6.45) is 19.5. The van der Waals surface area contributed by atoms with Crippen LogP contribution in [-0.4, -0.2) is 82.6 Å². The van der Waals surface area contributed by atoms with Crippen molar-refractivity contribution in [2.24, 2.45) is 47.3 Å². The first-order chi connectivity index (χ1) is 57.1. The molecule has 6 aliphatic carbocycles. The number of carbonyl (C=O) groups is 2. The fourth-order valence-electron chi connectivity index (χ4n) is 18.7. The molecule has 0 amide bonds. The minimum Gasteiger partial charge on any atom is -0.491 e. The zero-order valence-corrected chi connectivity index (χ0v) is 70.2. The Balaban J connectivity index is 0.000000190. The van der Waals surface area contributed by atoms with E-state index in [9.17, 15) is 9.59 Å². The number of benzene rings is 10. The Kier molecular flexibility index (Phi) is 28.6. The number of aryl methyl sites for hydroxylation is 5. The summed E-state index contributed by atoms with van der Waals surface area (Å²) in [5.74, 6) is 13.0. The number of para-hydroxylation sites is 1. The van der Waals surface area contributed by atoms with Gasteiger partial charge in [-0.25, -0.2) is 9.59 Å². The van der Waals surface area contributed by atoms with Crippen LogP contribution in [0.15, 0.2) is 255 Å². The van der Waals surface area contributed by atoms with Gasteiger partial charge in [-0.2, -0.15) is 0 Å². The Hall–Kier alpha value is -9.91. The highest BCUT2D eigenvalue weighted by Gasteiger charge is 2.54. The Morgan fingerprint density at radius 3 is 1.15 bits per heavy atom. The standard InChI is InChI=1S/C61H55O9P.2C10H12O2.2C10H16.C2H6/c1-43-22-33-50(34-23-43)65-40-53(68-59(62)46-14-6-4-7-15-46)37-28-45-26-29-48(30-27-45)61(3,71(64)58-21-13-11-19-56(58)55-18-10-12-20-57(55)70-71)49-31-38-52(39-32-49)67-42-54(41-66-51-35-24-44(2)25-36-51)69-60(63)47-16-8-5-9-17-47;2*1-8-2-4-9(5-3-8)11-6-10-7-12-10;2*1-2-9-7-4-5-8(6-7)10(9)3-1;1-2/h4-27,29-36,38-39,53-54H,28,37,40-42H2,1-3H3;2*2-5,10H,6-7H2,1H3;2*7-10H,1-6H2;1-2H3. The van der Waals surface area contributed by atoms with E-state index in [1.54, 1.807) is 113 Å². The summed E-state index contributed by atoms with van der Waals surface area (Å²) in [6, 6.07) is 80.4. The maximum atomic E-state index is 16.3. The van der Waals surface area contributed by atoms with Crippen molar-refractivity contribution in [3.05, 3.63) is 305 Å². The summed E-state index contributed by atoms with van der Waals surface area (Å²) in [6.45, 7) is 17.5. The first kappa shape index (κ1) is 83.6. The van der Waals surface area contributed by atoms with Crippen molar-refractivity contribution in [2.45, 2.75) is 168 Å². The zero-order chi connectivity index (χ0) is 81.1. The molecule has 0 N–H and O–H groups in total. The minimum atomic E-state index is -3.86. The zero-order valence-electron chi connectivity index (χ0n) is 69.3. The molecule has 2 saturated heterocycles. The van der Waals surface area contributed by atoms with Crippen LogP contribution in [0.1, 0.15) is 164 Å². The maximum absolute atomic E-state index is 16.3. The van der Waals surface area contributed by atoms with Gasteiger partial charge in [-0.3, -0.25) is 4.57 Å². The molecule has 0 aromatic heterocycles. The molecule has 10 aromatic rings. The highest BCUT2D eigenvalue weighted by Crippen LogP contribution is 2.69. The summed E-state index contributed by atoms with van der Waals surface area (Å²) >= 11 is 0. The molecule has 10 aromatic carbocycles. The molecule has 19 rings (SSSR count). The van der Waals surface area contributed by atoms with E-state index in [0.717, 1.165) is 63.7 Å². The van der Waals surface area contributed by atoms with Crippen LogP contribution in [0.4, 0.5) is 0 Å². The van der Waals surface area contributed by atoms with Crippen molar-refractivity contribution >= 4 is 24.6 Å². The Morgan fingerprint density at radius 1 is 0.402 bits per heavy atom. The number of fused-ring (bicyclic) bond motifs is 13. The number of hydrogen-bond donors (Lipinski definition) is 0. The van der Waals surface area contributed by atoms with Crippen LogP contribution in [0.2, 0.25) is 0 Å². The largest absolute Gasteiger partial charge is 0.491 e. The summed E-state index contributed by atoms with van der Waals surface area (Å²) in [7, 11) is -3.86. The Labute approximate surface area is 693 Å². The highest BCUT2D eigenvalue weighted by atomic mass is 31.2. The molecule has 3 aliphatic heterocycles. The third-order valence-corrected chi connectivity index (χ3v) is 28.4. The van der Waals surface area contributed by atoms with Crippen LogP contribution in [0, 0.1) is 75.0 Å². The SMILES string of the molecule is C1CC2C3CCC(C3)C2C1.C1CC2C3CCC(C3)C2C1.CC.Cc1ccc(OCC(CCc2ccc(C(C)(c3ccc(OCC(COc4ccc(C)cc4)OC(=O)c4ccccc4)cc3)P3(=O)Oc4ccccc4-c4ccccc43)cc2)OC(=O)c2ccccc2)cc1.Cc1ccc(OCC2CO2)cc1.Cc1ccc(OCC2CO2)cc1. The Morgan fingerprint density at radius 2 is 0.744 bits per heavy atom. The number of rotatable bonds is 25. The summed E-state index contributed by atoms with van der Waals surface area (Å²) in [5.41, 5.74) is 9.87. The van der Waals surface area contributed by atoms with Crippen LogP contribution in [-0.2, 0) is 35.1 Å². The van der Waals surface area contributed by atoms with Crippen LogP contribution in [0.3, 0.4) is 0 Å². The normalized spacial score (nSPS) is 23.4. The third kappa shape index (κ3) is 21.7. The monoisotopic (exact) mass is 1590 g/mol. The van der Waals surface area contributed by atoms with Crippen molar-refractivity contribution in [2.75, 3.05) is 46.2 Å². The molecule has 13 nitrogen and oxygen atoms in total. The quantitative estimate of drug-likeness (QED) is 0.0304. The van der Waals surface area contributed by atoms with Crippen molar-refractivity contribution in [1.29, 1.82) is 0 Å². The van der Waals surface area contributed by atoms with Gasteiger partial charge < -0.3 is 47.2 Å². The number of ether oxygens (including phenoxy) is 9. The van der Waals surface area contributed by atoms with Crippen molar-refractivity contribution in [1.82, 2.24) is 0 Å². The lowest BCUT2D eigenvalue weighted by Crippen LogP contribution is -2.34. The molecule has 117 heavy (non-hydrogen) atoms. The number of carbonyl (C=O) groups excluding carboxylic acids is 2. The van der Waals surface area contributed by atoms with Gasteiger partial charge in [-0.05, 0) is 278 Å². The third-order valence-electron chi connectivity index (χ3n) is 25.2. The average Bonchev–Trinajstić information content (AvgIpc) is 1.67. The molecule has 0 spiro atoms. The molecule has 9 aliphatic rings. The molecule has 3 heterocycles. The molecular weight excluding hydrogens is 1480 g/mol. The van der Waals surface area contributed by atoms with E-state index in [-0.39, 0.29) is 19.8 Å². The molecule has 8 fully saturated rings. The van der Waals surface area contributed by atoms with E-state index < -0.39 is 36.7 Å². The van der Waals surface area contributed by atoms with Crippen molar-refractivity contribution in [3.8, 4) is 45.6 Å². The lowest BCUT2D eigenvalue weighted by Gasteiger charge is -2.41. The summed E-state index contributed by atoms with van der Waals surface area (Å²) in [4.78, 5) is 26.5. The van der Waals surface area contributed by atoms with Crippen LogP contribution < -0.4 is 33.5 Å². The van der Waals surface area contributed by atoms with E-state index in [1.165, 1.54) is 58.5 Å². The van der Waals surface area contributed by atoms with E-state index in [4.69, 9.17) is 47.2 Å². The summed E-state index contributed by atoms with van der Waals surface area (Å²) in [5, 5.41) is -0.585. The van der Waals surface area contributed by atoms with Gasteiger partial charge in [0, 0.05) is 5.56 Å². The highest BCUT2D eigenvalue weighted by molar-refractivity contribution is 7.69. The van der Waals surface area contributed by atoms with Gasteiger partial charge in [-0.1, -0.05) is 207 Å².